The zero-order chi connectivity index (χ0) is 23.2. The van der Waals surface area contributed by atoms with Gasteiger partial charge in [-0.05, 0) is 42.3 Å². The van der Waals surface area contributed by atoms with Crippen LogP contribution in [0.2, 0.25) is 0 Å². The standard InChI is InChI=1S/C23H16F4N2O3/c1-11-8-13(10-31)22-15(9-11)28-23(29(22)6-7-30)17-20(26)18(24)16(19(25)21(17)27)12-2-4-14(32)5-3-12/h2-5,8-10,30,32H,6-7H2,1H3. The molecule has 3 aromatic carbocycles. The second kappa shape index (κ2) is 8.08. The van der Waals surface area contributed by atoms with Gasteiger partial charge in [-0.1, -0.05) is 12.1 Å². The molecule has 2 N–H and O–H groups in total. The fraction of sp³-hybridized carbons (Fsp3) is 0.130. The molecule has 164 valence electrons. The van der Waals surface area contributed by atoms with E-state index < -0.39 is 46.8 Å². The Morgan fingerprint density at radius 2 is 1.56 bits per heavy atom. The highest BCUT2D eigenvalue weighted by Crippen LogP contribution is 2.38. The number of phenols is 1. The van der Waals surface area contributed by atoms with Gasteiger partial charge in [0.15, 0.2) is 29.6 Å². The lowest BCUT2D eigenvalue weighted by Gasteiger charge is -2.14. The number of halogens is 4. The zero-order valence-corrected chi connectivity index (χ0v) is 16.7. The first-order valence-corrected chi connectivity index (χ1v) is 9.51. The van der Waals surface area contributed by atoms with Crippen LogP contribution in [-0.4, -0.2) is 32.7 Å². The lowest BCUT2D eigenvalue weighted by Crippen LogP contribution is -2.10. The Bertz CT molecular complexity index is 1340. The van der Waals surface area contributed by atoms with Gasteiger partial charge < -0.3 is 14.8 Å². The molecule has 0 spiro atoms. The SMILES string of the molecule is Cc1cc(C=O)c2c(c1)nc(-c1c(F)c(F)c(-c3ccc(O)cc3)c(F)c1F)n2CCO. The fourth-order valence-electron chi connectivity index (χ4n) is 3.75. The maximum absolute atomic E-state index is 15.1. The third-order valence-corrected chi connectivity index (χ3v) is 5.11. The number of phenolic OH excluding ortho intramolecular Hbond substituents is 1. The van der Waals surface area contributed by atoms with Crippen molar-refractivity contribution >= 4 is 17.3 Å². The number of benzene rings is 3. The van der Waals surface area contributed by atoms with Crippen molar-refractivity contribution in [1.29, 1.82) is 0 Å². The molecule has 5 nitrogen and oxygen atoms in total. The minimum absolute atomic E-state index is 0.148. The van der Waals surface area contributed by atoms with Crippen LogP contribution in [0.5, 0.6) is 5.75 Å². The van der Waals surface area contributed by atoms with E-state index in [1.54, 1.807) is 13.0 Å². The number of aliphatic hydroxyl groups excluding tert-OH is 1. The van der Waals surface area contributed by atoms with Crippen LogP contribution in [-0.2, 0) is 6.54 Å². The molecule has 0 amide bonds. The van der Waals surface area contributed by atoms with E-state index in [4.69, 9.17) is 0 Å². The molecule has 0 bridgehead atoms. The van der Waals surface area contributed by atoms with Crippen LogP contribution in [0.1, 0.15) is 15.9 Å². The summed E-state index contributed by atoms with van der Waals surface area (Å²) in [6, 6.07) is 7.57. The second-order valence-electron chi connectivity index (χ2n) is 7.20. The van der Waals surface area contributed by atoms with Crippen molar-refractivity contribution in [1.82, 2.24) is 9.55 Å². The lowest BCUT2D eigenvalue weighted by molar-refractivity contribution is 0.112. The number of aryl methyl sites for hydroxylation is 1. The molecule has 4 rings (SSSR count). The summed E-state index contributed by atoms with van der Waals surface area (Å²) in [5, 5.41) is 18.8. The molecule has 32 heavy (non-hydrogen) atoms. The van der Waals surface area contributed by atoms with E-state index >= 15 is 8.78 Å². The highest BCUT2D eigenvalue weighted by atomic mass is 19.2. The molecule has 9 heteroatoms. The first kappa shape index (κ1) is 21.5. The van der Waals surface area contributed by atoms with Gasteiger partial charge in [-0.3, -0.25) is 4.79 Å². The number of aldehydes is 1. The lowest BCUT2D eigenvalue weighted by atomic mass is 10.0. The van der Waals surface area contributed by atoms with E-state index in [2.05, 4.69) is 4.98 Å². The molecule has 0 unspecified atom stereocenters. The maximum Gasteiger partial charge on any atom is 0.173 e. The molecule has 0 radical (unpaired) electrons. The van der Waals surface area contributed by atoms with Crippen LogP contribution in [0.25, 0.3) is 33.5 Å². The largest absolute Gasteiger partial charge is 0.508 e. The Hall–Kier alpha value is -3.72. The number of imidazole rings is 1. The van der Waals surface area contributed by atoms with E-state index in [1.165, 1.54) is 6.07 Å². The molecule has 0 aliphatic carbocycles. The second-order valence-corrected chi connectivity index (χ2v) is 7.20. The molecule has 1 aromatic heterocycles. The number of hydrogen-bond donors (Lipinski definition) is 2. The van der Waals surface area contributed by atoms with Crippen molar-refractivity contribution in [3.8, 4) is 28.3 Å². The number of nitrogens with zero attached hydrogens (tertiary/aromatic N) is 2. The number of aromatic hydroxyl groups is 1. The van der Waals surface area contributed by atoms with Crippen molar-refractivity contribution in [2.24, 2.45) is 0 Å². The van der Waals surface area contributed by atoms with Gasteiger partial charge in [0.2, 0.25) is 0 Å². The van der Waals surface area contributed by atoms with Crippen molar-refractivity contribution in [2.45, 2.75) is 13.5 Å². The molecule has 0 atom stereocenters. The van der Waals surface area contributed by atoms with Crippen LogP contribution in [0.15, 0.2) is 36.4 Å². The molecule has 0 aliphatic rings. The highest BCUT2D eigenvalue weighted by Gasteiger charge is 2.30. The third-order valence-electron chi connectivity index (χ3n) is 5.11. The number of carbonyl (C=O) groups excluding carboxylic acids is 1. The van der Waals surface area contributed by atoms with Crippen LogP contribution < -0.4 is 0 Å². The minimum Gasteiger partial charge on any atom is -0.508 e. The summed E-state index contributed by atoms with van der Waals surface area (Å²) in [4.78, 5) is 15.7. The number of rotatable bonds is 5. The first-order chi connectivity index (χ1) is 15.3. The average molecular weight is 444 g/mol. The number of aromatic nitrogens is 2. The van der Waals surface area contributed by atoms with Gasteiger partial charge in [0.25, 0.3) is 0 Å². The number of fused-ring (bicyclic) bond motifs is 1. The van der Waals surface area contributed by atoms with Gasteiger partial charge in [-0.25, -0.2) is 22.5 Å². The Balaban J connectivity index is 2.05. The Morgan fingerprint density at radius 1 is 0.969 bits per heavy atom. The topological polar surface area (TPSA) is 75.3 Å². The highest BCUT2D eigenvalue weighted by molar-refractivity contribution is 5.97. The molecule has 0 aliphatic heterocycles. The Kier molecular flexibility index (Phi) is 5.43. The maximum atomic E-state index is 15.1. The van der Waals surface area contributed by atoms with Crippen molar-refractivity contribution in [2.75, 3.05) is 6.61 Å². The van der Waals surface area contributed by atoms with E-state index in [-0.39, 0.29) is 34.5 Å². The predicted molar refractivity (Wildman–Crippen MR) is 109 cm³/mol. The molecule has 0 fully saturated rings. The Morgan fingerprint density at radius 3 is 2.12 bits per heavy atom. The van der Waals surface area contributed by atoms with Crippen molar-refractivity contribution < 1.29 is 32.6 Å². The minimum atomic E-state index is -1.68. The summed E-state index contributed by atoms with van der Waals surface area (Å²) < 4.78 is 61.4. The molecular weight excluding hydrogens is 428 g/mol. The van der Waals surface area contributed by atoms with E-state index in [0.29, 0.717) is 11.8 Å². The number of hydrogen-bond acceptors (Lipinski definition) is 4. The number of carbonyl (C=O) groups is 1. The fourth-order valence-corrected chi connectivity index (χ4v) is 3.75. The van der Waals surface area contributed by atoms with Crippen LogP contribution in [0.3, 0.4) is 0 Å². The predicted octanol–water partition coefficient (Wildman–Crippen LogP) is 4.75. The monoisotopic (exact) mass is 444 g/mol. The van der Waals surface area contributed by atoms with E-state index in [9.17, 15) is 23.8 Å². The zero-order valence-electron chi connectivity index (χ0n) is 16.7. The van der Waals surface area contributed by atoms with Gasteiger partial charge in [0, 0.05) is 12.1 Å². The summed E-state index contributed by atoms with van der Waals surface area (Å²) >= 11 is 0. The van der Waals surface area contributed by atoms with Crippen LogP contribution in [0.4, 0.5) is 17.6 Å². The average Bonchev–Trinajstić information content (AvgIpc) is 3.11. The van der Waals surface area contributed by atoms with Crippen molar-refractivity contribution in [3.63, 3.8) is 0 Å². The quantitative estimate of drug-likeness (QED) is 0.265. The smallest absolute Gasteiger partial charge is 0.173 e. The molecule has 0 saturated carbocycles. The molecule has 1 heterocycles. The van der Waals surface area contributed by atoms with Gasteiger partial charge in [-0.15, -0.1) is 0 Å². The third kappa shape index (κ3) is 3.31. The van der Waals surface area contributed by atoms with Crippen molar-refractivity contribution in [3.05, 3.63) is 70.8 Å². The summed E-state index contributed by atoms with van der Waals surface area (Å²) in [7, 11) is 0. The summed E-state index contributed by atoms with van der Waals surface area (Å²) in [5.41, 5.74) is -1.02. The normalized spacial score (nSPS) is 11.3. The number of aliphatic hydroxyl groups is 1. The summed E-state index contributed by atoms with van der Waals surface area (Å²) in [6.45, 7) is 0.978. The van der Waals surface area contributed by atoms with Gasteiger partial charge in [0.05, 0.1) is 28.8 Å². The molecule has 0 saturated heterocycles. The summed E-state index contributed by atoms with van der Waals surface area (Å²) in [5.74, 6) is -7.28. The first-order valence-electron chi connectivity index (χ1n) is 9.51. The van der Waals surface area contributed by atoms with Crippen LogP contribution in [0, 0.1) is 30.2 Å². The summed E-state index contributed by atoms with van der Waals surface area (Å²) in [6.07, 6.45) is 0.524. The molecule has 4 aromatic rings. The van der Waals surface area contributed by atoms with E-state index in [1.807, 2.05) is 0 Å². The van der Waals surface area contributed by atoms with Gasteiger partial charge in [-0.2, -0.15) is 0 Å². The molecular formula is C23H16F4N2O3. The van der Waals surface area contributed by atoms with Crippen LogP contribution >= 0.6 is 0 Å². The van der Waals surface area contributed by atoms with Gasteiger partial charge in [0.1, 0.15) is 11.6 Å². The van der Waals surface area contributed by atoms with Gasteiger partial charge >= 0.3 is 0 Å². The Labute approximate surface area is 179 Å². The van der Waals surface area contributed by atoms with E-state index in [0.717, 1.165) is 28.8 Å².